The zero-order chi connectivity index (χ0) is 45.3. The van der Waals surface area contributed by atoms with Crippen LogP contribution >= 0.6 is 11.3 Å². The van der Waals surface area contributed by atoms with Gasteiger partial charge < -0.3 is 39.0 Å². The summed E-state index contributed by atoms with van der Waals surface area (Å²) in [6.45, 7) is 14.8. The molecule has 3 aromatic rings. The number of hydrogen-bond acceptors (Lipinski definition) is 15. The number of methoxy groups -OCH3 is 1. The summed E-state index contributed by atoms with van der Waals surface area (Å²) in [5, 5.41) is 24.5. The van der Waals surface area contributed by atoms with Gasteiger partial charge in [0, 0.05) is 38.2 Å². The number of cyclic esters (lactones) is 1. The van der Waals surface area contributed by atoms with Gasteiger partial charge in [0.05, 0.1) is 40.3 Å². The summed E-state index contributed by atoms with van der Waals surface area (Å²) >= 11 is 1.56. The van der Waals surface area contributed by atoms with Crippen LogP contribution in [0.2, 0.25) is 0 Å². The number of Topliss-reactive ketones (excluding diaryl/α,β-unsaturated/α-hetero) is 1. The van der Waals surface area contributed by atoms with Crippen LogP contribution in [0.25, 0.3) is 20.9 Å². The molecule has 13 atom stereocenters. The molecule has 0 spiro atoms. The van der Waals surface area contributed by atoms with E-state index >= 15 is 4.39 Å². The van der Waals surface area contributed by atoms with Gasteiger partial charge in [-0.05, 0) is 105 Å². The number of carbonyl (C=O) groups excluding carboxylic acids is 3. The fourth-order valence-electron chi connectivity index (χ4n) is 9.71. The topological polar surface area (TPSA) is 180 Å². The predicted molar refractivity (Wildman–Crippen MR) is 231 cm³/mol. The molecule has 2 N–H and O–H groups in total. The molecule has 0 saturated carbocycles. The van der Waals surface area contributed by atoms with Crippen LogP contribution in [0, 0.1) is 11.8 Å². The number of hydrogen-bond donors (Lipinski definition) is 2. The number of carbonyl (C=O) groups is 3. The van der Waals surface area contributed by atoms with Crippen LogP contribution in [-0.4, -0.2) is 153 Å². The van der Waals surface area contributed by atoms with Crippen LogP contribution in [0.1, 0.15) is 87.5 Å². The van der Waals surface area contributed by atoms with E-state index in [2.05, 4.69) is 20.6 Å². The normalized spacial score (nSPS) is 36.6. The van der Waals surface area contributed by atoms with E-state index < -0.39 is 77.3 Å². The Balaban J connectivity index is 1.23. The number of ketones is 1. The number of aliphatic hydroxyl groups is 1. The summed E-state index contributed by atoms with van der Waals surface area (Å²) in [5.74, 6) is -3.85. The third-order valence-electron chi connectivity index (χ3n) is 13.2. The molecule has 3 fully saturated rings. The van der Waals surface area contributed by atoms with E-state index in [0.29, 0.717) is 51.0 Å². The molecule has 0 bridgehead atoms. The van der Waals surface area contributed by atoms with Crippen molar-refractivity contribution in [1.29, 1.82) is 0 Å². The van der Waals surface area contributed by atoms with Gasteiger partial charge in [-0.15, -0.1) is 16.4 Å². The number of nitrogens with zero attached hydrogens (tertiary/aromatic N) is 6. The fraction of sp³-hybridized carbons (Fsp3) is 0.727. The van der Waals surface area contributed by atoms with Crippen LogP contribution in [0.15, 0.2) is 30.5 Å². The minimum absolute atomic E-state index is 0.115. The van der Waals surface area contributed by atoms with Crippen molar-refractivity contribution >= 4 is 39.4 Å². The van der Waals surface area contributed by atoms with Crippen LogP contribution in [-0.2, 0) is 39.8 Å². The number of halogens is 1. The van der Waals surface area contributed by atoms with Crippen LogP contribution in [0.5, 0.6) is 0 Å². The van der Waals surface area contributed by atoms with Gasteiger partial charge in [-0.25, -0.2) is 19.0 Å². The van der Waals surface area contributed by atoms with Crippen LogP contribution in [0.4, 0.5) is 9.18 Å². The summed E-state index contributed by atoms with van der Waals surface area (Å²) in [7, 11) is 5.21. The second-order valence-corrected chi connectivity index (χ2v) is 19.4. The molecule has 3 aliphatic rings. The molecule has 344 valence electrons. The highest BCUT2D eigenvalue weighted by atomic mass is 32.1. The molecule has 0 aliphatic carbocycles. The first-order valence-corrected chi connectivity index (χ1v) is 22.7. The van der Waals surface area contributed by atoms with Crippen molar-refractivity contribution < 1.29 is 47.6 Å². The van der Waals surface area contributed by atoms with Crippen LogP contribution < -0.4 is 5.32 Å². The number of aliphatic hydroxyl groups excluding tert-OH is 1. The van der Waals surface area contributed by atoms with Gasteiger partial charge in [-0.3, -0.25) is 14.4 Å². The van der Waals surface area contributed by atoms with Gasteiger partial charge in [0.1, 0.15) is 22.9 Å². The smallest absolute Gasteiger partial charge is 0.410 e. The average molecular weight is 888 g/mol. The second-order valence-electron chi connectivity index (χ2n) is 18.4. The predicted octanol–water partition coefficient (Wildman–Crippen LogP) is 5.40. The van der Waals surface area contributed by atoms with E-state index in [0.717, 1.165) is 22.1 Å². The van der Waals surface area contributed by atoms with Crippen molar-refractivity contribution in [1.82, 2.24) is 35.1 Å². The van der Waals surface area contributed by atoms with Crippen molar-refractivity contribution in [3.05, 3.63) is 30.5 Å². The Labute approximate surface area is 368 Å². The molecule has 2 aromatic heterocycles. The van der Waals surface area contributed by atoms with Crippen molar-refractivity contribution in [2.75, 3.05) is 34.3 Å². The standard InChI is InChI=1S/C44H66FN7O9S/c1-12-33-44(8)35(52(41(56)61-44)20-16-15-19-51-24-30(48-49-51)38-47-29-17-13-14-18-32(29)62-38)28(5)46-23-25(2)22-42(6,57-11)37(27(4)36(54)43(7,45)40(55)59-33)60-39-34(53)31(50(9)10)21-26(3)58-39/h13-14,17-18,24-28,31,33-35,37,39,46,53H,12,15-16,19-23H2,1-11H3/t25-,26-,27-,28-,31?,33-,34?,35-,37-,39+,42-,43?,44-/m1/s1. The van der Waals surface area contributed by atoms with Crippen molar-refractivity contribution in [3.63, 3.8) is 0 Å². The summed E-state index contributed by atoms with van der Waals surface area (Å²) in [4.78, 5) is 50.4. The van der Waals surface area contributed by atoms with E-state index in [1.165, 1.54) is 14.0 Å². The lowest BCUT2D eigenvalue weighted by molar-refractivity contribution is -0.295. The van der Waals surface area contributed by atoms with Crippen molar-refractivity contribution in [3.8, 4) is 10.7 Å². The number of alkyl halides is 1. The highest BCUT2D eigenvalue weighted by Gasteiger charge is 2.60. The molecule has 62 heavy (non-hydrogen) atoms. The summed E-state index contributed by atoms with van der Waals surface area (Å²) in [6, 6.07) is 6.56. The average Bonchev–Trinajstić information content (AvgIpc) is 3.95. The molecule has 6 rings (SSSR count). The number of ether oxygens (including phenoxy) is 5. The molecule has 5 heterocycles. The number of nitrogens with one attached hydrogen (secondary N) is 1. The molecule has 1 aromatic carbocycles. The maximum Gasteiger partial charge on any atom is 0.410 e. The lowest BCUT2D eigenvalue weighted by Crippen LogP contribution is -2.61. The Morgan fingerprint density at radius 2 is 1.79 bits per heavy atom. The molecule has 0 radical (unpaired) electrons. The number of para-hydroxylation sites is 1. The van der Waals surface area contributed by atoms with Crippen molar-refractivity contribution in [2.24, 2.45) is 11.8 Å². The Morgan fingerprint density at radius 3 is 2.47 bits per heavy atom. The molecule has 3 unspecified atom stereocenters. The number of unbranched alkanes of at least 4 members (excludes halogenated alkanes) is 1. The highest BCUT2D eigenvalue weighted by molar-refractivity contribution is 7.21. The summed E-state index contributed by atoms with van der Waals surface area (Å²) in [5.41, 5.74) is -4.18. The SMILES string of the molecule is CC[C@H]1OC(=O)C(C)(F)C(=O)[C@@H](C)[C@@H](O[C@@H]2O[C@H](C)CC(N(C)C)C2O)[C@](C)(OC)C[C@@H](C)CN[C@H](C)[C@H]2N(CCCCn3cc(-c4nc5ccccc5s4)nn3)C(=O)O[C@]12C. The molecule has 1 amide bonds. The summed E-state index contributed by atoms with van der Waals surface area (Å²) < 4.78 is 50.8. The van der Waals surface area contributed by atoms with E-state index in [4.69, 9.17) is 23.7 Å². The van der Waals surface area contributed by atoms with E-state index in [9.17, 15) is 19.5 Å². The number of rotatable bonds is 11. The molecule has 3 aliphatic heterocycles. The Morgan fingerprint density at radius 1 is 1.08 bits per heavy atom. The lowest BCUT2D eigenvalue weighted by atomic mass is 9.78. The largest absolute Gasteiger partial charge is 0.455 e. The Kier molecular flexibility index (Phi) is 14.8. The minimum Gasteiger partial charge on any atom is -0.455 e. The minimum atomic E-state index is -3.13. The molecule has 16 nitrogen and oxygen atoms in total. The molecular weight excluding hydrogens is 822 g/mol. The lowest BCUT2D eigenvalue weighted by Gasteiger charge is -2.47. The van der Waals surface area contributed by atoms with Gasteiger partial charge in [0.25, 0.3) is 5.67 Å². The second kappa shape index (κ2) is 19.2. The maximum absolute atomic E-state index is 17.0. The zero-order valence-corrected chi connectivity index (χ0v) is 38.8. The van der Waals surface area contributed by atoms with Crippen LogP contribution in [0.3, 0.4) is 0 Å². The number of amides is 1. The van der Waals surface area contributed by atoms with Gasteiger partial charge in [0.2, 0.25) is 0 Å². The number of fused-ring (bicyclic) bond motifs is 2. The van der Waals surface area contributed by atoms with E-state index in [1.807, 2.05) is 70.2 Å². The number of benzene rings is 1. The van der Waals surface area contributed by atoms with E-state index in [1.54, 1.807) is 41.7 Å². The number of likely N-dealkylation sites (N-methyl/N-ethyl adjacent to an activating group) is 1. The quantitative estimate of drug-likeness (QED) is 0.142. The third-order valence-corrected chi connectivity index (χ3v) is 14.2. The van der Waals surface area contributed by atoms with Gasteiger partial charge in [0.15, 0.2) is 17.7 Å². The first-order valence-electron chi connectivity index (χ1n) is 21.9. The maximum atomic E-state index is 17.0. The third kappa shape index (κ3) is 9.71. The number of thiazole rings is 1. The number of aromatic nitrogens is 4. The zero-order valence-electron chi connectivity index (χ0n) is 38.0. The van der Waals surface area contributed by atoms with Gasteiger partial charge >= 0.3 is 12.1 Å². The Bertz CT molecular complexity index is 2000. The fourth-order valence-corrected chi connectivity index (χ4v) is 10.6. The highest BCUT2D eigenvalue weighted by Crippen LogP contribution is 2.41. The first kappa shape index (κ1) is 47.8. The number of aryl methyl sites for hydroxylation is 1. The molecule has 18 heteroatoms. The van der Waals surface area contributed by atoms with Gasteiger partial charge in [-0.2, -0.15) is 0 Å². The Hall–Kier alpha value is -3.65. The van der Waals surface area contributed by atoms with Crippen molar-refractivity contribution in [2.45, 2.75) is 160 Å². The van der Waals surface area contributed by atoms with E-state index in [-0.39, 0.29) is 24.5 Å². The number of esters is 1. The molecule has 3 saturated heterocycles. The first-order chi connectivity index (χ1) is 29.2. The monoisotopic (exact) mass is 887 g/mol. The van der Waals surface area contributed by atoms with Gasteiger partial charge in [-0.1, -0.05) is 38.1 Å². The summed E-state index contributed by atoms with van der Waals surface area (Å²) in [6.07, 6.45) is -1.23. The molecular formula is C44H66FN7O9S.